The van der Waals surface area contributed by atoms with Gasteiger partial charge in [0.2, 0.25) is 23.0 Å². The van der Waals surface area contributed by atoms with E-state index in [0.29, 0.717) is 29.1 Å². The summed E-state index contributed by atoms with van der Waals surface area (Å²) >= 11 is 0. The van der Waals surface area contributed by atoms with Crippen LogP contribution in [0.2, 0.25) is 0 Å². The van der Waals surface area contributed by atoms with E-state index < -0.39 is 0 Å². The summed E-state index contributed by atoms with van der Waals surface area (Å²) in [4.78, 5) is 25.7. The smallest absolute Gasteiger partial charge is 0.254 e. The van der Waals surface area contributed by atoms with Gasteiger partial charge in [0.1, 0.15) is 0 Å². The van der Waals surface area contributed by atoms with E-state index in [1.807, 2.05) is 29.0 Å². The number of hydrogen-bond donors (Lipinski definition) is 0. The van der Waals surface area contributed by atoms with E-state index in [1.165, 1.54) is 0 Å². The van der Waals surface area contributed by atoms with Gasteiger partial charge in [-0.3, -0.25) is 9.59 Å². The lowest BCUT2D eigenvalue weighted by Gasteiger charge is -2.12. The molecule has 1 aromatic heterocycles. The predicted octanol–water partition coefficient (Wildman–Crippen LogP) is 2.29. The SMILES string of the molecule is CCC[n+]1c2c(n(CC)c1C)C(=O)c1ccccc1C2=O. The standard InChI is InChI=1S/C17H19N2O2/c1-4-10-19-11(3)18(5-2)14-15(19)17(21)13-9-7-6-8-12(13)16(14)20/h6-9H,4-5,10H2,1-3H3/q+1. The van der Waals surface area contributed by atoms with E-state index in [0.717, 1.165) is 18.8 Å². The second-order valence-corrected chi connectivity index (χ2v) is 5.34. The van der Waals surface area contributed by atoms with Gasteiger partial charge in [-0.15, -0.1) is 0 Å². The Kier molecular flexibility index (Phi) is 3.24. The van der Waals surface area contributed by atoms with E-state index in [1.54, 1.807) is 18.2 Å². The Morgan fingerprint density at radius 3 is 2.24 bits per heavy atom. The fourth-order valence-electron chi connectivity index (χ4n) is 3.20. The molecule has 0 spiro atoms. The molecular weight excluding hydrogens is 264 g/mol. The number of aromatic nitrogens is 2. The molecule has 0 bridgehead atoms. The Bertz CT molecular complexity index is 756. The Hall–Kier alpha value is -2.23. The highest BCUT2D eigenvalue weighted by molar-refractivity contribution is 6.26. The fraction of sp³-hybridized carbons (Fsp3) is 0.353. The first-order valence-electron chi connectivity index (χ1n) is 7.43. The molecule has 0 atom stereocenters. The molecular formula is C17H19N2O2+. The summed E-state index contributed by atoms with van der Waals surface area (Å²) in [6, 6.07) is 7.10. The van der Waals surface area contributed by atoms with Crippen LogP contribution in [0.3, 0.4) is 0 Å². The molecule has 1 aliphatic rings. The van der Waals surface area contributed by atoms with Crippen LogP contribution in [0.15, 0.2) is 24.3 Å². The van der Waals surface area contributed by atoms with Gasteiger partial charge in [-0.2, -0.15) is 0 Å². The Labute approximate surface area is 124 Å². The maximum atomic E-state index is 12.8. The van der Waals surface area contributed by atoms with Gasteiger partial charge in [0.15, 0.2) is 0 Å². The third-order valence-electron chi connectivity index (χ3n) is 4.16. The maximum Gasteiger partial charge on any atom is 0.254 e. The zero-order chi connectivity index (χ0) is 15.1. The second-order valence-electron chi connectivity index (χ2n) is 5.34. The minimum atomic E-state index is -0.0417. The van der Waals surface area contributed by atoms with E-state index >= 15 is 0 Å². The van der Waals surface area contributed by atoms with Gasteiger partial charge in [0, 0.05) is 18.1 Å². The molecule has 1 aromatic carbocycles. The van der Waals surface area contributed by atoms with Gasteiger partial charge >= 0.3 is 0 Å². The van der Waals surface area contributed by atoms with Crippen molar-refractivity contribution in [2.75, 3.05) is 0 Å². The van der Waals surface area contributed by atoms with Crippen LogP contribution in [0.5, 0.6) is 0 Å². The van der Waals surface area contributed by atoms with Crippen molar-refractivity contribution in [2.45, 2.75) is 40.3 Å². The van der Waals surface area contributed by atoms with Gasteiger partial charge in [0.05, 0.1) is 13.1 Å². The van der Waals surface area contributed by atoms with E-state index in [9.17, 15) is 9.59 Å². The first-order valence-corrected chi connectivity index (χ1v) is 7.43. The third-order valence-corrected chi connectivity index (χ3v) is 4.16. The van der Waals surface area contributed by atoms with Crippen molar-refractivity contribution < 1.29 is 14.2 Å². The van der Waals surface area contributed by atoms with Crippen LogP contribution in [-0.2, 0) is 13.1 Å². The Morgan fingerprint density at radius 2 is 1.67 bits per heavy atom. The molecule has 0 radical (unpaired) electrons. The minimum Gasteiger partial charge on any atom is -0.284 e. The summed E-state index contributed by atoms with van der Waals surface area (Å²) in [5, 5.41) is 0. The molecule has 0 saturated carbocycles. The molecule has 2 aromatic rings. The summed E-state index contributed by atoms with van der Waals surface area (Å²) in [6.45, 7) is 7.49. The van der Waals surface area contributed by atoms with E-state index in [2.05, 4.69) is 6.92 Å². The molecule has 0 saturated heterocycles. The summed E-state index contributed by atoms with van der Waals surface area (Å²) in [5.41, 5.74) is 2.14. The largest absolute Gasteiger partial charge is 0.284 e. The molecule has 1 aliphatic carbocycles. The topological polar surface area (TPSA) is 43.0 Å². The number of benzene rings is 1. The monoisotopic (exact) mass is 283 g/mol. The number of carbonyl (C=O) groups excluding carboxylic acids is 2. The van der Waals surface area contributed by atoms with Gasteiger partial charge in [-0.1, -0.05) is 31.2 Å². The van der Waals surface area contributed by atoms with Crippen molar-refractivity contribution >= 4 is 11.6 Å². The molecule has 0 aliphatic heterocycles. The normalized spacial score (nSPS) is 13.3. The highest BCUT2D eigenvalue weighted by atomic mass is 16.1. The lowest BCUT2D eigenvalue weighted by atomic mass is 9.90. The van der Waals surface area contributed by atoms with E-state index in [4.69, 9.17) is 0 Å². The summed E-state index contributed by atoms with van der Waals surface area (Å²) < 4.78 is 3.95. The third kappa shape index (κ3) is 1.78. The number of carbonyl (C=O) groups is 2. The molecule has 1 heterocycles. The number of imidazole rings is 1. The van der Waals surface area contributed by atoms with Crippen molar-refractivity contribution in [1.82, 2.24) is 4.57 Å². The average Bonchev–Trinajstić information content (AvgIpc) is 2.78. The van der Waals surface area contributed by atoms with Crippen molar-refractivity contribution in [1.29, 1.82) is 0 Å². The highest BCUT2D eigenvalue weighted by Gasteiger charge is 2.42. The predicted molar refractivity (Wildman–Crippen MR) is 78.6 cm³/mol. The van der Waals surface area contributed by atoms with Gasteiger partial charge in [0.25, 0.3) is 5.82 Å². The first-order chi connectivity index (χ1) is 10.1. The van der Waals surface area contributed by atoms with Crippen LogP contribution in [0.25, 0.3) is 0 Å². The second kappa shape index (κ2) is 4.95. The van der Waals surface area contributed by atoms with Gasteiger partial charge in [-0.05, 0) is 13.3 Å². The van der Waals surface area contributed by atoms with Crippen molar-refractivity contribution in [3.63, 3.8) is 0 Å². The van der Waals surface area contributed by atoms with Crippen LogP contribution in [0.1, 0.15) is 58.2 Å². The first kappa shape index (κ1) is 13.7. The summed E-state index contributed by atoms with van der Waals surface area (Å²) in [5.74, 6) is 0.891. The molecule has 0 N–H and O–H groups in total. The molecule has 108 valence electrons. The molecule has 3 rings (SSSR count). The van der Waals surface area contributed by atoms with Crippen LogP contribution in [0.4, 0.5) is 0 Å². The van der Waals surface area contributed by atoms with E-state index in [-0.39, 0.29) is 11.6 Å². The van der Waals surface area contributed by atoms with Crippen LogP contribution < -0.4 is 4.57 Å². The molecule has 4 nitrogen and oxygen atoms in total. The van der Waals surface area contributed by atoms with Gasteiger partial charge in [-0.25, -0.2) is 9.13 Å². The molecule has 0 amide bonds. The number of ketones is 2. The summed E-state index contributed by atoms with van der Waals surface area (Å²) in [6.07, 6.45) is 0.925. The lowest BCUT2D eigenvalue weighted by Crippen LogP contribution is -2.43. The molecule has 4 heteroatoms. The number of rotatable bonds is 3. The Balaban J connectivity index is 2.34. The number of hydrogen-bond acceptors (Lipinski definition) is 2. The molecule has 0 unspecified atom stereocenters. The summed E-state index contributed by atoms with van der Waals surface area (Å²) in [7, 11) is 0. The fourth-order valence-corrected chi connectivity index (χ4v) is 3.20. The van der Waals surface area contributed by atoms with Crippen LogP contribution >= 0.6 is 0 Å². The number of nitrogens with zero attached hydrogens (tertiary/aromatic N) is 2. The number of fused-ring (bicyclic) bond motifs is 2. The zero-order valence-corrected chi connectivity index (χ0v) is 12.6. The van der Waals surface area contributed by atoms with Crippen molar-refractivity contribution in [3.8, 4) is 0 Å². The van der Waals surface area contributed by atoms with Crippen molar-refractivity contribution in [3.05, 3.63) is 52.6 Å². The van der Waals surface area contributed by atoms with Gasteiger partial charge < -0.3 is 0 Å². The maximum absolute atomic E-state index is 12.8. The Morgan fingerprint density at radius 1 is 1.05 bits per heavy atom. The highest BCUT2D eigenvalue weighted by Crippen LogP contribution is 2.26. The molecule has 0 fully saturated rings. The molecule has 21 heavy (non-hydrogen) atoms. The quantitative estimate of drug-likeness (QED) is 0.692. The zero-order valence-electron chi connectivity index (χ0n) is 12.6. The minimum absolute atomic E-state index is 0.0380. The average molecular weight is 283 g/mol. The van der Waals surface area contributed by atoms with Crippen molar-refractivity contribution in [2.24, 2.45) is 0 Å². The van der Waals surface area contributed by atoms with Crippen LogP contribution in [0, 0.1) is 6.92 Å². The lowest BCUT2D eigenvalue weighted by molar-refractivity contribution is -0.704. The van der Waals surface area contributed by atoms with Crippen LogP contribution in [-0.4, -0.2) is 16.1 Å².